The molecule has 1 aromatic carbocycles. The Balaban J connectivity index is 0.00000112. The zero-order chi connectivity index (χ0) is 9.97. The van der Waals surface area contributed by atoms with Gasteiger partial charge in [-0.2, -0.15) is 0 Å². The molecule has 2 nitrogen and oxygen atoms in total. The van der Waals surface area contributed by atoms with E-state index in [1.165, 1.54) is 5.56 Å². The fraction of sp³-hybridized carbons (Fsp3) is 0.455. The van der Waals surface area contributed by atoms with Gasteiger partial charge in [-0.25, -0.2) is 0 Å². The van der Waals surface area contributed by atoms with Crippen molar-refractivity contribution in [2.24, 2.45) is 5.73 Å². The smallest absolute Gasteiger partial charge is 0.0474 e. The summed E-state index contributed by atoms with van der Waals surface area (Å²) in [6, 6.07) is 8.41. The van der Waals surface area contributed by atoms with Crippen LogP contribution in [-0.2, 0) is 0 Å². The molecule has 2 unspecified atom stereocenters. The van der Waals surface area contributed by atoms with Crippen molar-refractivity contribution in [1.82, 2.24) is 5.32 Å². The van der Waals surface area contributed by atoms with Crippen LogP contribution in [0.3, 0.4) is 0 Å². The molecule has 16 heavy (non-hydrogen) atoms. The lowest BCUT2D eigenvalue weighted by Gasteiger charge is -2.30. The lowest BCUT2D eigenvalue weighted by Crippen LogP contribution is -2.42. The summed E-state index contributed by atoms with van der Waals surface area (Å²) in [4.78, 5) is 0. The Kier molecular flexibility index (Phi) is 7.36. The molecule has 0 radical (unpaired) electrons. The molecule has 92 valence electrons. The van der Waals surface area contributed by atoms with Crippen molar-refractivity contribution in [2.75, 3.05) is 6.54 Å². The van der Waals surface area contributed by atoms with Gasteiger partial charge in [0.15, 0.2) is 0 Å². The molecule has 1 aliphatic heterocycles. The van der Waals surface area contributed by atoms with Crippen LogP contribution >= 0.6 is 36.4 Å². The summed E-state index contributed by atoms with van der Waals surface area (Å²) in [5, 5.41) is 4.21. The second-order valence-corrected chi connectivity index (χ2v) is 4.23. The van der Waals surface area contributed by atoms with Gasteiger partial charge in [-0.05, 0) is 37.1 Å². The van der Waals surface area contributed by atoms with E-state index in [1.807, 2.05) is 18.2 Å². The largest absolute Gasteiger partial charge is 0.326 e. The lowest BCUT2D eigenvalue weighted by atomic mass is 9.93. The van der Waals surface area contributed by atoms with Crippen LogP contribution in [0.25, 0.3) is 0 Å². The van der Waals surface area contributed by atoms with Crippen LogP contribution in [0.15, 0.2) is 24.3 Å². The molecule has 0 aliphatic carbocycles. The summed E-state index contributed by atoms with van der Waals surface area (Å²) in [6.45, 7) is 1.05. The van der Waals surface area contributed by atoms with Crippen molar-refractivity contribution < 1.29 is 0 Å². The highest BCUT2D eigenvalue weighted by Gasteiger charge is 2.22. The minimum atomic E-state index is 0. The van der Waals surface area contributed by atoms with E-state index in [9.17, 15) is 0 Å². The van der Waals surface area contributed by atoms with Crippen molar-refractivity contribution in [3.8, 4) is 0 Å². The lowest BCUT2D eigenvalue weighted by molar-refractivity contribution is 0.358. The number of halogens is 3. The Labute approximate surface area is 114 Å². The molecule has 0 aromatic heterocycles. The summed E-state index contributed by atoms with van der Waals surface area (Å²) >= 11 is 5.94. The predicted molar refractivity (Wildman–Crippen MR) is 73.9 cm³/mol. The van der Waals surface area contributed by atoms with E-state index in [2.05, 4.69) is 11.4 Å². The first-order valence-electron chi connectivity index (χ1n) is 5.02. The molecule has 0 bridgehead atoms. The van der Waals surface area contributed by atoms with E-state index in [1.54, 1.807) is 0 Å². The molecule has 1 heterocycles. The minimum absolute atomic E-state index is 0. The molecule has 3 N–H and O–H groups in total. The van der Waals surface area contributed by atoms with E-state index >= 15 is 0 Å². The molecular formula is C11H17Cl3N2. The van der Waals surface area contributed by atoms with Crippen molar-refractivity contribution in [3.05, 3.63) is 34.9 Å². The molecule has 1 aliphatic rings. The topological polar surface area (TPSA) is 38.0 Å². The zero-order valence-corrected chi connectivity index (χ0v) is 11.2. The standard InChI is InChI=1S/C11H15ClN2.2ClH/c12-9-4-1-3-8(7-9)11-10(13)5-2-6-14-11;;/h1,3-4,7,10-11,14H,2,5-6,13H2;2*1H. The quantitative estimate of drug-likeness (QED) is 0.832. The SMILES string of the molecule is Cl.Cl.NC1CCCNC1c1cccc(Cl)c1. The molecule has 0 saturated carbocycles. The molecule has 5 heteroatoms. The molecule has 0 amide bonds. The molecular weight excluding hydrogens is 266 g/mol. The number of nitrogens with two attached hydrogens (primary N) is 1. The average molecular weight is 284 g/mol. The van der Waals surface area contributed by atoms with Crippen molar-refractivity contribution in [1.29, 1.82) is 0 Å². The van der Waals surface area contributed by atoms with Gasteiger partial charge in [0.2, 0.25) is 0 Å². The maximum Gasteiger partial charge on any atom is 0.0474 e. The Morgan fingerprint density at radius 2 is 2.06 bits per heavy atom. The average Bonchev–Trinajstić information content (AvgIpc) is 2.18. The molecule has 1 saturated heterocycles. The fourth-order valence-corrected chi connectivity index (χ4v) is 2.18. The third-order valence-corrected chi connectivity index (χ3v) is 2.95. The Morgan fingerprint density at radius 1 is 1.31 bits per heavy atom. The number of piperidine rings is 1. The van der Waals surface area contributed by atoms with Crippen LogP contribution in [-0.4, -0.2) is 12.6 Å². The van der Waals surface area contributed by atoms with Gasteiger partial charge in [0.1, 0.15) is 0 Å². The molecule has 2 rings (SSSR count). The number of hydrogen-bond donors (Lipinski definition) is 2. The highest BCUT2D eigenvalue weighted by atomic mass is 35.5. The van der Waals surface area contributed by atoms with Crippen LogP contribution in [0, 0.1) is 0 Å². The van der Waals surface area contributed by atoms with Crippen LogP contribution < -0.4 is 11.1 Å². The second-order valence-electron chi connectivity index (χ2n) is 3.79. The van der Waals surface area contributed by atoms with Gasteiger partial charge in [0.25, 0.3) is 0 Å². The monoisotopic (exact) mass is 282 g/mol. The highest BCUT2D eigenvalue weighted by Crippen LogP contribution is 2.24. The first-order chi connectivity index (χ1) is 6.77. The van der Waals surface area contributed by atoms with Gasteiger partial charge < -0.3 is 11.1 Å². The van der Waals surface area contributed by atoms with Gasteiger partial charge in [-0.15, -0.1) is 24.8 Å². The van der Waals surface area contributed by atoms with E-state index in [0.717, 1.165) is 24.4 Å². The summed E-state index contributed by atoms with van der Waals surface area (Å²) in [7, 11) is 0. The van der Waals surface area contributed by atoms with Gasteiger partial charge in [0, 0.05) is 17.1 Å². The maximum atomic E-state index is 6.06. The predicted octanol–water partition coefficient (Wildman–Crippen LogP) is 2.94. The van der Waals surface area contributed by atoms with Gasteiger partial charge >= 0.3 is 0 Å². The van der Waals surface area contributed by atoms with Crippen LogP contribution in [0.1, 0.15) is 24.4 Å². The number of nitrogens with one attached hydrogen (secondary N) is 1. The summed E-state index contributed by atoms with van der Waals surface area (Å²) in [6.07, 6.45) is 2.25. The minimum Gasteiger partial charge on any atom is -0.326 e. The Hall–Kier alpha value is 0.01000. The summed E-state index contributed by atoms with van der Waals surface area (Å²) in [5.41, 5.74) is 7.25. The first-order valence-corrected chi connectivity index (χ1v) is 5.39. The van der Waals surface area contributed by atoms with Crippen LogP contribution in [0.2, 0.25) is 5.02 Å². The zero-order valence-electron chi connectivity index (χ0n) is 8.86. The van der Waals surface area contributed by atoms with Gasteiger partial charge in [0.05, 0.1) is 0 Å². The third-order valence-electron chi connectivity index (χ3n) is 2.71. The Morgan fingerprint density at radius 3 is 2.69 bits per heavy atom. The Bertz CT molecular complexity index is 320. The molecule has 0 spiro atoms. The normalized spacial score (nSPS) is 24.1. The first kappa shape index (κ1) is 16.0. The highest BCUT2D eigenvalue weighted by molar-refractivity contribution is 6.30. The molecule has 2 atom stereocenters. The van der Waals surface area contributed by atoms with Crippen LogP contribution in [0.5, 0.6) is 0 Å². The van der Waals surface area contributed by atoms with E-state index in [-0.39, 0.29) is 36.9 Å². The molecule has 1 aromatic rings. The fourth-order valence-electron chi connectivity index (χ4n) is 1.98. The van der Waals surface area contributed by atoms with E-state index in [0.29, 0.717) is 0 Å². The maximum absolute atomic E-state index is 6.06. The van der Waals surface area contributed by atoms with Crippen LogP contribution in [0.4, 0.5) is 0 Å². The summed E-state index contributed by atoms with van der Waals surface area (Å²) < 4.78 is 0. The third kappa shape index (κ3) is 3.79. The van der Waals surface area contributed by atoms with Gasteiger partial charge in [-0.3, -0.25) is 0 Å². The number of hydrogen-bond acceptors (Lipinski definition) is 2. The number of benzene rings is 1. The second kappa shape index (κ2) is 7.36. The van der Waals surface area contributed by atoms with Gasteiger partial charge in [-0.1, -0.05) is 23.7 Å². The summed E-state index contributed by atoms with van der Waals surface area (Å²) in [5.74, 6) is 0. The number of rotatable bonds is 1. The molecule has 1 fully saturated rings. The van der Waals surface area contributed by atoms with Crippen molar-refractivity contribution in [2.45, 2.75) is 24.9 Å². The van der Waals surface area contributed by atoms with E-state index < -0.39 is 0 Å². The van der Waals surface area contributed by atoms with E-state index in [4.69, 9.17) is 17.3 Å². The van der Waals surface area contributed by atoms with Crippen molar-refractivity contribution in [3.63, 3.8) is 0 Å². The van der Waals surface area contributed by atoms with Crippen molar-refractivity contribution >= 4 is 36.4 Å².